The number of rotatable bonds is 3. The van der Waals surface area contributed by atoms with Gasteiger partial charge in [-0.25, -0.2) is 0 Å². The van der Waals surface area contributed by atoms with Gasteiger partial charge in [0.05, 0.1) is 17.0 Å². The minimum absolute atomic E-state index is 0.0600. The Bertz CT molecular complexity index is 572. The molecule has 0 saturated carbocycles. The highest BCUT2D eigenvalue weighted by Gasteiger charge is 2.43. The van der Waals surface area contributed by atoms with E-state index in [9.17, 15) is 15.2 Å². The molecule has 1 aromatic rings. The zero-order valence-electron chi connectivity index (χ0n) is 12.6. The van der Waals surface area contributed by atoms with Gasteiger partial charge >= 0.3 is 0 Å². The Kier molecular flexibility index (Phi) is 3.81. The number of anilines is 1. The van der Waals surface area contributed by atoms with E-state index in [-0.39, 0.29) is 17.4 Å². The zero-order valence-corrected chi connectivity index (χ0v) is 12.6. The van der Waals surface area contributed by atoms with Crippen molar-refractivity contribution < 1.29 is 14.8 Å². The number of aliphatic hydroxyl groups excluding tert-OH is 1. The molecule has 0 saturated heterocycles. The number of hydrogen-bond acceptors (Lipinski definition) is 6. The highest BCUT2D eigenvalue weighted by molar-refractivity contribution is 5.65. The molecule has 0 spiro atoms. The average molecular weight is 295 g/mol. The molecular weight excluding hydrogens is 274 g/mol. The Morgan fingerprint density at radius 3 is 2.62 bits per heavy atom. The Morgan fingerprint density at radius 1 is 1.48 bits per heavy atom. The molecule has 116 valence electrons. The first-order chi connectivity index (χ1) is 9.63. The highest BCUT2D eigenvalue weighted by atomic mass is 16.6. The van der Waals surface area contributed by atoms with Gasteiger partial charge in [-0.2, -0.15) is 0 Å². The minimum Gasteiger partial charge on any atom is -0.484 e. The number of aliphatic hydroxyl groups is 1. The fourth-order valence-electron chi connectivity index (χ4n) is 2.55. The quantitative estimate of drug-likeness (QED) is 0.445. The standard InChI is InChI=1S/C14H21N3O4/c1-7(2)16-12-8-5-9(15)10(17(19)20)6-11(8)21-14(3,4)13(12)18/h5-7,12-13,16,18H,15H2,1-4H3. The molecule has 7 nitrogen and oxygen atoms in total. The molecule has 7 heteroatoms. The number of nitrogens with two attached hydrogens (primary N) is 1. The van der Waals surface area contributed by atoms with Gasteiger partial charge in [-0.15, -0.1) is 0 Å². The van der Waals surface area contributed by atoms with Crippen molar-refractivity contribution in [2.45, 2.75) is 51.5 Å². The lowest BCUT2D eigenvalue weighted by atomic mass is 9.86. The van der Waals surface area contributed by atoms with Crippen molar-refractivity contribution in [3.05, 3.63) is 27.8 Å². The van der Waals surface area contributed by atoms with Crippen molar-refractivity contribution in [3.63, 3.8) is 0 Å². The summed E-state index contributed by atoms with van der Waals surface area (Å²) in [6.45, 7) is 7.42. The number of nitro benzene ring substituents is 1. The molecule has 0 aromatic heterocycles. The van der Waals surface area contributed by atoms with Gasteiger partial charge in [0.2, 0.25) is 0 Å². The molecule has 0 aliphatic carbocycles. The van der Waals surface area contributed by atoms with Gasteiger partial charge in [0.1, 0.15) is 23.1 Å². The molecule has 0 bridgehead atoms. The molecule has 1 aliphatic rings. The Balaban J connectivity index is 2.56. The fraction of sp³-hybridized carbons (Fsp3) is 0.571. The summed E-state index contributed by atoms with van der Waals surface area (Å²) in [4.78, 5) is 10.5. The van der Waals surface area contributed by atoms with E-state index in [4.69, 9.17) is 10.5 Å². The first kappa shape index (κ1) is 15.5. The van der Waals surface area contributed by atoms with Gasteiger partial charge in [0.25, 0.3) is 5.69 Å². The van der Waals surface area contributed by atoms with Crippen LogP contribution >= 0.6 is 0 Å². The topological polar surface area (TPSA) is 111 Å². The van der Waals surface area contributed by atoms with Crippen molar-refractivity contribution in [2.24, 2.45) is 0 Å². The van der Waals surface area contributed by atoms with Gasteiger partial charge in [-0.05, 0) is 19.9 Å². The van der Waals surface area contributed by atoms with Crippen LogP contribution in [0.1, 0.15) is 39.3 Å². The second-order valence-electron chi connectivity index (χ2n) is 6.16. The van der Waals surface area contributed by atoms with Crippen molar-refractivity contribution in [1.29, 1.82) is 0 Å². The molecule has 1 heterocycles. The molecule has 0 amide bonds. The van der Waals surface area contributed by atoms with Gasteiger partial charge < -0.3 is 20.9 Å². The van der Waals surface area contributed by atoms with Crippen LogP contribution in [-0.4, -0.2) is 27.8 Å². The Hall–Kier alpha value is -1.86. The second-order valence-corrected chi connectivity index (χ2v) is 6.16. The maximum atomic E-state index is 11.0. The number of benzene rings is 1. The summed E-state index contributed by atoms with van der Waals surface area (Å²) in [7, 11) is 0. The predicted octanol–water partition coefficient (Wildman–Crippen LogP) is 1.75. The zero-order chi connectivity index (χ0) is 15.9. The van der Waals surface area contributed by atoms with Gasteiger partial charge in [-0.3, -0.25) is 10.1 Å². The first-order valence-electron chi connectivity index (χ1n) is 6.84. The third kappa shape index (κ3) is 2.79. The van der Waals surface area contributed by atoms with Crippen LogP contribution in [0.5, 0.6) is 5.75 Å². The number of ether oxygens (including phenoxy) is 1. The predicted molar refractivity (Wildman–Crippen MR) is 79.2 cm³/mol. The molecule has 2 atom stereocenters. The number of nitrogen functional groups attached to an aromatic ring is 1. The van der Waals surface area contributed by atoms with E-state index in [0.29, 0.717) is 11.3 Å². The van der Waals surface area contributed by atoms with E-state index in [2.05, 4.69) is 5.32 Å². The summed E-state index contributed by atoms with van der Waals surface area (Å²) >= 11 is 0. The van der Waals surface area contributed by atoms with Gasteiger partial charge in [0, 0.05) is 11.6 Å². The van der Waals surface area contributed by atoms with Crippen LogP contribution in [0.2, 0.25) is 0 Å². The smallest absolute Gasteiger partial charge is 0.295 e. The van der Waals surface area contributed by atoms with Crippen LogP contribution < -0.4 is 15.8 Å². The molecular formula is C14H21N3O4. The molecule has 2 rings (SSSR count). The summed E-state index contributed by atoms with van der Waals surface area (Å²) in [5.41, 5.74) is 5.39. The maximum absolute atomic E-state index is 11.0. The van der Waals surface area contributed by atoms with Crippen molar-refractivity contribution in [2.75, 3.05) is 5.73 Å². The second kappa shape index (κ2) is 5.16. The van der Waals surface area contributed by atoms with E-state index < -0.39 is 22.7 Å². The SMILES string of the molecule is CC(C)NC1c2cc(N)c([N+](=O)[O-])cc2OC(C)(C)C1O. The Labute approximate surface area is 123 Å². The first-order valence-corrected chi connectivity index (χ1v) is 6.84. The van der Waals surface area contributed by atoms with Crippen molar-refractivity contribution >= 4 is 11.4 Å². The lowest BCUT2D eigenvalue weighted by Crippen LogP contribution is -2.53. The third-order valence-electron chi connectivity index (χ3n) is 3.60. The highest BCUT2D eigenvalue weighted by Crippen LogP contribution is 2.43. The van der Waals surface area contributed by atoms with Crippen molar-refractivity contribution in [3.8, 4) is 5.75 Å². The fourth-order valence-corrected chi connectivity index (χ4v) is 2.55. The van der Waals surface area contributed by atoms with Crippen molar-refractivity contribution in [1.82, 2.24) is 5.32 Å². The van der Waals surface area contributed by atoms with E-state index >= 15 is 0 Å². The largest absolute Gasteiger partial charge is 0.484 e. The van der Waals surface area contributed by atoms with Crippen LogP contribution in [0.3, 0.4) is 0 Å². The summed E-state index contributed by atoms with van der Waals surface area (Å²) in [5.74, 6) is 0.379. The maximum Gasteiger partial charge on any atom is 0.295 e. The monoisotopic (exact) mass is 295 g/mol. The third-order valence-corrected chi connectivity index (χ3v) is 3.60. The summed E-state index contributed by atoms with van der Waals surface area (Å²) < 4.78 is 5.74. The van der Waals surface area contributed by atoms with E-state index in [1.807, 2.05) is 13.8 Å². The number of fused-ring (bicyclic) bond motifs is 1. The van der Waals surface area contributed by atoms with Crippen LogP contribution in [-0.2, 0) is 0 Å². The van der Waals surface area contributed by atoms with E-state index in [1.54, 1.807) is 13.8 Å². The Morgan fingerprint density at radius 2 is 2.10 bits per heavy atom. The molecule has 21 heavy (non-hydrogen) atoms. The van der Waals surface area contributed by atoms with Crippen LogP contribution in [0.15, 0.2) is 12.1 Å². The summed E-state index contributed by atoms with van der Waals surface area (Å²) in [6.07, 6.45) is -0.798. The lowest BCUT2D eigenvalue weighted by molar-refractivity contribution is -0.384. The van der Waals surface area contributed by atoms with Gasteiger partial charge in [-0.1, -0.05) is 13.8 Å². The van der Waals surface area contributed by atoms with Crippen LogP contribution in [0, 0.1) is 10.1 Å². The average Bonchev–Trinajstić information content (AvgIpc) is 2.34. The molecule has 4 N–H and O–H groups in total. The lowest BCUT2D eigenvalue weighted by Gasteiger charge is -2.43. The summed E-state index contributed by atoms with van der Waals surface area (Å²) in [6, 6.07) is 2.56. The minimum atomic E-state index is -0.858. The molecule has 0 radical (unpaired) electrons. The molecule has 1 aromatic carbocycles. The van der Waals surface area contributed by atoms with E-state index in [1.165, 1.54) is 12.1 Å². The summed E-state index contributed by atoms with van der Waals surface area (Å²) in [5, 5.41) is 24.8. The molecule has 0 fully saturated rings. The van der Waals surface area contributed by atoms with Crippen LogP contribution in [0.25, 0.3) is 0 Å². The number of nitrogens with zero attached hydrogens (tertiary/aromatic N) is 1. The molecule has 2 unspecified atom stereocenters. The number of nitrogens with one attached hydrogen (secondary N) is 1. The molecule has 1 aliphatic heterocycles. The number of nitro groups is 1. The normalized spacial score (nSPS) is 23.5. The van der Waals surface area contributed by atoms with Gasteiger partial charge in [0.15, 0.2) is 0 Å². The number of hydrogen-bond donors (Lipinski definition) is 3. The van der Waals surface area contributed by atoms with Crippen LogP contribution in [0.4, 0.5) is 11.4 Å². The van der Waals surface area contributed by atoms with E-state index in [0.717, 1.165) is 0 Å².